The molecule has 1 atom stereocenters. The van der Waals surface area contributed by atoms with E-state index < -0.39 is 30.4 Å². The third-order valence-corrected chi connectivity index (χ3v) is 2.72. The minimum absolute atomic E-state index is 0.261. The van der Waals surface area contributed by atoms with Crippen molar-refractivity contribution in [3.63, 3.8) is 0 Å². The van der Waals surface area contributed by atoms with Gasteiger partial charge < -0.3 is 25.5 Å². The van der Waals surface area contributed by atoms with Crippen molar-refractivity contribution in [2.24, 2.45) is 5.73 Å². The number of nitrogens with zero attached hydrogens (tertiary/aromatic N) is 1. The van der Waals surface area contributed by atoms with E-state index in [1.807, 2.05) is 0 Å². The van der Waals surface area contributed by atoms with Crippen molar-refractivity contribution in [3.05, 3.63) is 23.7 Å². The molecular formula is C12H17N3O5. The number of carboxylic acid groups (broad SMARTS) is 1. The molecule has 0 aliphatic rings. The summed E-state index contributed by atoms with van der Waals surface area (Å²) in [7, 11) is 1.50. The number of primary amides is 1. The van der Waals surface area contributed by atoms with Crippen LogP contribution in [0.4, 0.5) is 4.79 Å². The molecule has 0 fully saturated rings. The lowest BCUT2D eigenvalue weighted by atomic mass is 10.2. The molecule has 0 spiro atoms. The normalized spacial score (nSPS) is 11.7. The molecule has 0 bridgehead atoms. The first-order valence-electron chi connectivity index (χ1n) is 5.87. The maximum absolute atomic E-state index is 11.8. The molecule has 0 aliphatic carbocycles. The third-order valence-electron chi connectivity index (χ3n) is 2.72. The number of carbonyl (C=O) groups is 3. The number of urea groups is 1. The molecule has 8 heteroatoms. The van der Waals surface area contributed by atoms with Gasteiger partial charge in [0.25, 0.3) is 0 Å². The summed E-state index contributed by atoms with van der Waals surface area (Å²) in [6.07, 6.45) is 1.04. The number of nitrogens with two attached hydrogens (primary N) is 1. The number of nitrogens with one attached hydrogen (secondary N) is 1. The number of carbonyl (C=O) groups excluding carboxylic acids is 2. The smallest absolute Gasteiger partial charge is 0.326 e. The van der Waals surface area contributed by atoms with Gasteiger partial charge in [-0.3, -0.25) is 4.79 Å². The standard InChI is InChI=1S/C12H17N3O5/c1-7-8(3-4-20-7)6-15(2)12(19)14-9(11(17)18)5-10(13)16/h3-4,9H,5-6H2,1-2H3,(H2,13,16)(H,14,19)(H,17,18)/t9-/m0/s1. The SMILES string of the molecule is Cc1occc1CN(C)C(=O)N[C@@H](CC(N)=O)C(=O)O. The Kier molecular flexibility index (Phi) is 5.13. The number of amides is 3. The monoisotopic (exact) mass is 283 g/mol. The largest absolute Gasteiger partial charge is 0.480 e. The number of aryl methyl sites for hydroxylation is 1. The molecule has 0 aliphatic heterocycles. The van der Waals surface area contributed by atoms with Crippen LogP contribution in [0.25, 0.3) is 0 Å². The van der Waals surface area contributed by atoms with Crippen LogP contribution in [-0.4, -0.2) is 41.0 Å². The fourth-order valence-electron chi connectivity index (χ4n) is 1.56. The van der Waals surface area contributed by atoms with Gasteiger partial charge in [-0.2, -0.15) is 0 Å². The first-order chi connectivity index (χ1) is 9.31. The zero-order valence-electron chi connectivity index (χ0n) is 11.3. The molecule has 1 heterocycles. The summed E-state index contributed by atoms with van der Waals surface area (Å²) >= 11 is 0. The minimum atomic E-state index is -1.34. The summed E-state index contributed by atoms with van der Waals surface area (Å²) in [6.45, 7) is 2.02. The van der Waals surface area contributed by atoms with Crippen molar-refractivity contribution in [1.82, 2.24) is 10.2 Å². The molecular weight excluding hydrogens is 266 g/mol. The van der Waals surface area contributed by atoms with Gasteiger partial charge in [0.2, 0.25) is 5.91 Å². The van der Waals surface area contributed by atoms with Gasteiger partial charge in [0.15, 0.2) is 0 Å². The Hall–Kier alpha value is -2.51. The molecule has 1 rings (SSSR count). The van der Waals surface area contributed by atoms with Gasteiger partial charge in [-0.05, 0) is 13.0 Å². The fraction of sp³-hybridized carbons (Fsp3) is 0.417. The second-order valence-corrected chi connectivity index (χ2v) is 4.37. The Labute approximate surface area is 115 Å². The van der Waals surface area contributed by atoms with E-state index in [1.54, 1.807) is 13.0 Å². The van der Waals surface area contributed by atoms with Crippen molar-refractivity contribution >= 4 is 17.9 Å². The van der Waals surface area contributed by atoms with Crippen molar-refractivity contribution in [1.29, 1.82) is 0 Å². The van der Waals surface area contributed by atoms with E-state index >= 15 is 0 Å². The van der Waals surface area contributed by atoms with Gasteiger partial charge in [0, 0.05) is 12.6 Å². The molecule has 0 saturated heterocycles. The van der Waals surface area contributed by atoms with E-state index in [1.165, 1.54) is 18.2 Å². The van der Waals surface area contributed by atoms with Crippen LogP contribution >= 0.6 is 0 Å². The fourth-order valence-corrected chi connectivity index (χ4v) is 1.56. The lowest BCUT2D eigenvalue weighted by Gasteiger charge is -2.20. The van der Waals surface area contributed by atoms with Crippen molar-refractivity contribution < 1.29 is 23.9 Å². The molecule has 1 aromatic heterocycles. The van der Waals surface area contributed by atoms with Crippen molar-refractivity contribution in [3.8, 4) is 0 Å². The second kappa shape index (κ2) is 6.60. The van der Waals surface area contributed by atoms with E-state index in [4.69, 9.17) is 15.3 Å². The van der Waals surface area contributed by atoms with Crippen LogP contribution in [0.5, 0.6) is 0 Å². The molecule has 0 saturated carbocycles. The topological polar surface area (TPSA) is 126 Å². The van der Waals surface area contributed by atoms with Crippen LogP contribution in [0.1, 0.15) is 17.7 Å². The summed E-state index contributed by atoms with van der Waals surface area (Å²) in [5, 5.41) is 11.1. The van der Waals surface area contributed by atoms with E-state index in [9.17, 15) is 14.4 Å². The Morgan fingerprint density at radius 1 is 1.50 bits per heavy atom. The van der Waals surface area contributed by atoms with Gasteiger partial charge in [-0.25, -0.2) is 9.59 Å². The highest BCUT2D eigenvalue weighted by Crippen LogP contribution is 2.11. The van der Waals surface area contributed by atoms with E-state index in [0.717, 1.165) is 5.56 Å². The van der Waals surface area contributed by atoms with Gasteiger partial charge >= 0.3 is 12.0 Å². The highest BCUT2D eigenvalue weighted by molar-refractivity contribution is 5.87. The Bertz CT molecular complexity index is 511. The number of hydrogen-bond acceptors (Lipinski definition) is 4. The van der Waals surface area contributed by atoms with E-state index in [0.29, 0.717) is 5.76 Å². The highest BCUT2D eigenvalue weighted by Gasteiger charge is 2.23. The zero-order chi connectivity index (χ0) is 15.3. The number of carboxylic acids is 1. The average molecular weight is 283 g/mol. The van der Waals surface area contributed by atoms with Crippen LogP contribution in [0.15, 0.2) is 16.7 Å². The lowest BCUT2D eigenvalue weighted by molar-refractivity contribution is -0.140. The maximum Gasteiger partial charge on any atom is 0.326 e. The molecule has 110 valence electrons. The van der Waals surface area contributed by atoms with Gasteiger partial charge in [0.05, 0.1) is 19.2 Å². The van der Waals surface area contributed by atoms with E-state index in [2.05, 4.69) is 5.32 Å². The summed E-state index contributed by atoms with van der Waals surface area (Å²) in [6, 6.07) is -0.232. The van der Waals surface area contributed by atoms with Gasteiger partial charge in [0.1, 0.15) is 11.8 Å². The summed E-state index contributed by atoms with van der Waals surface area (Å²) in [5.74, 6) is -1.44. The van der Waals surface area contributed by atoms with Crippen LogP contribution in [-0.2, 0) is 16.1 Å². The highest BCUT2D eigenvalue weighted by atomic mass is 16.4. The minimum Gasteiger partial charge on any atom is -0.480 e. The number of furan rings is 1. The Morgan fingerprint density at radius 2 is 2.15 bits per heavy atom. The number of aliphatic carboxylic acids is 1. The van der Waals surface area contributed by atoms with Crippen LogP contribution in [0.3, 0.4) is 0 Å². The van der Waals surface area contributed by atoms with Crippen LogP contribution in [0, 0.1) is 6.92 Å². The van der Waals surface area contributed by atoms with Gasteiger partial charge in [-0.1, -0.05) is 0 Å². The maximum atomic E-state index is 11.8. The molecule has 3 amide bonds. The van der Waals surface area contributed by atoms with E-state index in [-0.39, 0.29) is 6.54 Å². The molecule has 0 radical (unpaired) electrons. The van der Waals surface area contributed by atoms with Gasteiger partial charge in [-0.15, -0.1) is 0 Å². The Balaban J connectivity index is 2.62. The van der Waals surface area contributed by atoms with Crippen LogP contribution in [0.2, 0.25) is 0 Å². The molecule has 0 unspecified atom stereocenters. The van der Waals surface area contributed by atoms with Crippen molar-refractivity contribution in [2.45, 2.75) is 25.9 Å². The molecule has 1 aromatic rings. The number of hydrogen-bond donors (Lipinski definition) is 3. The number of rotatable bonds is 6. The summed E-state index contributed by atoms with van der Waals surface area (Å²) in [4.78, 5) is 34.8. The zero-order valence-corrected chi connectivity index (χ0v) is 11.3. The Morgan fingerprint density at radius 3 is 2.60 bits per heavy atom. The summed E-state index contributed by atoms with van der Waals surface area (Å²) in [5.41, 5.74) is 5.74. The molecule has 20 heavy (non-hydrogen) atoms. The third kappa shape index (κ3) is 4.30. The molecule has 8 nitrogen and oxygen atoms in total. The molecule has 4 N–H and O–H groups in total. The first kappa shape index (κ1) is 15.5. The molecule has 0 aromatic carbocycles. The van der Waals surface area contributed by atoms with Crippen LogP contribution < -0.4 is 11.1 Å². The summed E-state index contributed by atoms with van der Waals surface area (Å²) < 4.78 is 5.10. The lowest BCUT2D eigenvalue weighted by Crippen LogP contribution is -2.48. The average Bonchev–Trinajstić information content (AvgIpc) is 2.73. The quantitative estimate of drug-likeness (QED) is 0.680. The predicted octanol–water partition coefficient (Wildman–Crippen LogP) is 0.0580. The second-order valence-electron chi connectivity index (χ2n) is 4.37. The van der Waals surface area contributed by atoms with Crippen molar-refractivity contribution in [2.75, 3.05) is 7.05 Å². The first-order valence-corrected chi connectivity index (χ1v) is 5.87. The predicted molar refractivity (Wildman–Crippen MR) is 68.7 cm³/mol.